The third kappa shape index (κ3) is 4.10. The van der Waals surface area contributed by atoms with E-state index in [1.165, 1.54) is 0 Å². The van der Waals surface area contributed by atoms with Gasteiger partial charge in [0, 0.05) is 24.4 Å². The highest BCUT2D eigenvalue weighted by Gasteiger charge is 2.22. The van der Waals surface area contributed by atoms with E-state index in [1.807, 2.05) is 6.07 Å². The monoisotopic (exact) mass is 345 g/mol. The molecular formula is C18H23N3O4. The number of carbonyl (C=O) groups is 1. The molecule has 1 fully saturated rings. The maximum Gasteiger partial charge on any atom is 0.228 e. The van der Waals surface area contributed by atoms with E-state index in [4.69, 9.17) is 14.0 Å². The maximum atomic E-state index is 12.0. The van der Waals surface area contributed by atoms with Crippen molar-refractivity contribution in [3.8, 4) is 22.9 Å². The van der Waals surface area contributed by atoms with Gasteiger partial charge in [-0.25, -0.2) is 0 Å². The van der Waals surface area contributed by atoms with Gasteiger partial charge in [0.1, 0.15) is 0 Å². The molecule has 0 radical (unpaired) electrons. The first-order chi connectivity index (χ1) is 12.2. The minimum Gasteiger partial charge on any atom is -0.493 e. The summed E-state index contributed by atoms with van der Waals surface area (Å²) in [6.45, 7) is 0.503. The van der Waals surface area contributed by atoms with Crippen molar-refractivity contribution in [2.45, 2.75) is 32.1 Å². The molecule has 1 amide bonds. The molecule has 1 aliphatic rings. The number of hydrogen-bond acceptors (Lipinski definition) is 6. The van der Waals surface area contributed by atoms with Gasteiger partial charge in [0.25, 0.3) is 0 Å². The van der Waals surface area contributed by atoms with Gasteiger partial charge in [0.15, 0.2) is 11.5 Å². The molecular weight excluding hydrogens is 322 g/mol. The summed E-state index contributed by atoms with van der Waals surface area (Å²) < 4.78 is 15.8. The topological polar surface area (TPSA) is 86.5 Å². The number of aromatic nitrogens is 2. The summed E-state index contributed by atoms with van der Waals surface area (Å²) >= 11 is 0. The van der Waals surface area contributed by atoms with Crippen LogP contribution < -0.4 is 14.8 Å². The van der Waals surface area contributed by atoms with E-state index < -0.39 is 0 Å². The number of ether oxygens (including phenoxy) is 2. The summed E-state index contributed by atoms with van der Waals surface area (Å²) in [5, 5.41) is 6.95. The number of nitrogens with zero attached hydrogens (tertiary/aromatic N) is 2. The van der Waals surface area contributed by atoms with Gasteiger partial charge in [-0.1, -0.05) is 18.0 Å². The fourth-order valence-corrected chi connectivity index (χ4v) is 3.07. The normalized spacial score (nSPS) is 14.5. The van der Waals surface area contributed by atoms with Crippen LogP contribution in [0.4, 0.5) is 0 Å². The largest absolute Gasteiger partial charge is 0.493 e. The van der Waals surface area contributed by atoms with E-state index in [2.05, 4.69) is 15.5 Å². The van der Waals surface area contributed by atoms with Crippen molar-refractivity contribution >= 4 is 5.91 Å². The Morgan fingerprint density at radius 1 is 1.24 bits per heavy atom. The molecule has 7 nitrogen and oxygen atoms in total. The molecule has 1 aliphatic carbocycles. The van der Waals surface area contributed by atoms with Crippen LogP contribution in [0, 0.1) is 5.92 Å². The van der Waals surface area contributed by atoms with E-state index in [0.717, 1.165) is 31.2 Å². The van der Waals surface area contributed by atoms with Crippen molar-refractivity contribution in [2.24, 2.45) is 5.92 Å². The van der Waals surface area contributed by atoms with Gasteiger partial charge in [0.2, 0.25) is 17.6 Å². The minimum atomic E-state index is 0.136. The molecule has 0 spiro atoms. The molecule has 1 heterocycles. The summed E-state index contributed by atoms with van der Waals surface area (Å²) in [4.78, 5) is 16.4. The second kappa shape index (κ2) is 8.00. The number of nitrogens with one attached hydrogen (secondary N) is 1. The molecule has 0 bridgehead atoms. The maximum absolute atomic E-state index is 12.0. The molecule has 2 aromatic rings. The van der Waals surface area contributed by atoms with Gasteiger partial charge in [-0.2, -0.15) is 4.98 Å². The van der Waals surface area contributed by atoms with Crippen molar-refractivity contribution in [3.63, 3.8) is 0 Å². The van der Waals surface area contributed by atoms with Crippen LogP contribution in [-0.4, -0.2) is 36.8 Å². The van der Waals surface area contributed by atoms with Crippen molar-refractivity contribution in [2.75, 3.05) is 20.8 Å². The zero-order valence-corrected chi connectivity index (χ0v) is 14.6. The third-order valence-electron chi connectivity index (χ3n) is 4.47. The first-order valence-electron chi connectivity index (χ1n) is 8.54. The number of methoxy groups -OCH3 is 2. The average molecular weight is 345 g/mol. The Morgan fingerprint density at radius 3 is 2.72 bits per heavy atom. The van der Waals surface area contributed by atoms with Crippen molar-refractivity contribution in [1.82, 2.24) is 15.5 Å². The number of amides is 1. The molecule has 3 rings (SSSR count). The molecule has 1 saturated carbocycles. The lowest BCUT2D eigenvalue weighted by molar-refractivity contribution is -0.124. The molecule has 1 aromatic heterocycles. The smallest absolute Gasteiger partial charge is 0.228 e. The summed E-state index contributed by atoms with van der Waals surface area (Å²) in [6, 6.07) is 5.44. The van der Waals surface area contributed by atoms with Crippen LogP contribution in [0.25, 0.3) is 11.4 Å². The van der Waals surface area contributed by atoms with Crippen LogP contribution in [0.2, 0.25) is 0 Å². The van der Waals surface area contributed by atoms with Gasteiger partial charge >= 0.3 is 0 Å². The van der Waals surface area contributed by atoms with Gasteiger partial charge in [-0.15, -0.1) is 0 Å². The first-order valence-corrected chi connectivity index (χ1v) is 8.54. The minimum absolute atomic E-state index is 0.136. The van der Waals surface area contributed by atoms with Gasteiger partial charge in [-0.05, 0) is 31.0 Å². The number of benzene rings is 1. The Hall–Kier alpha value is -2.57. The zero-order valence-electron chi connectivity index (χ0n) is 14.6. The molecule has 0 aliphatic heterocycles. The van der Waals surface area contributed by atoms with Crippen LogP contribution in [0.5, 0.6) is 11.5 Å². The molecule has 7 heteroatoms. The lowest BCUT2D eigenvalue weighted by atomic mass is 10.1. The highest BCUT2D eigenvalue weighted by molar-refractivity contribution is 5.78. The predicted octanol–water partition coefficient (Wildman–Crippen LogP) is 2.60. The Labute approximate surface area is 146 Å². The molecule has 0 unspecified atom stereocenters. The van der Waals surface area contributed by atoms with E-state index >= 15 is 0 Å². The van der Waals surface area contributed by atoms with E-state index in [9.17, 15) is 4.79 Å². The van der Waals surface area contributed by atoms with Crippen LogP contribution >= 0.6 is 0 Å². The Balaban J connectivity index is 1.57. The van der Waals surface area contributed by atoms with E-state index in [0.29, 0.717) is 36.2 Å². The fraction of sp³-hybridized carbons (Fsp3) is 0.500. The third-order valence-corrected chi connectivity index (χ3v) is 4.47. The van der Waals surface area contributed by atoms with E-state index in [-0.39, 0.29) is 11.8 Å². The van der Waals surface area contributed by atoms with Gasteiger partial charge < -0.3 is 19.3 Å². The zero-order chi connectivity index (χ0) is 17.6. The Morgan fingerprint density at radius 2 is 2.00 bits per heavy atom. The summed E-state index contributed by atoms with van der Waals surface area (Å²) in [5.74, 6) is 2.54. The van der Waals surface area contributed by atoms with E-state index in [1.54, 1.807) is 26.4 Å². The lowest BCUT2D eigenvalue weighted by Gasteiger charge is -2.08. The predicted molar refractivity (Wildman–Crippen MR) is 91.5 cm³/mol. The van der Waals surface area contributed by atoms with Crippen LogP contribution in [0.1, 0.15) is 31.6 Å². The summed E-state index contributed by atoms with van der Waals surface area (Å²) in [7, 11) is 3.17. The summed E-state index contributed by atoms with van der Waals surface area (Å²) in [6.07, 6.45) is 4.80. The second-order valence-electron chi connectivity index (χ2n) is 6.10. The van der Waals surface area contributed by atoms with Gasteiger partial charge in [0.05, 0.1) is 14.2 Å². The quantitative estimate of drug-likeness (QED) is 0.830. The molecule has 0 atom stereocenters. The number of carbonyl (C=O) groups excluding carboxylic acids is 1. The summed E-state index contributed by atoms with van der Waals surface area (Å²) in [5.41, 5.74) is 0.780. The van der Waals surface area contributed by atoms with Crippen molar-refractivity contribution < 1.29 is 18.8 Å². The lowest BCUT2D eigenvalue weighted by Crippen LogP contribution is -2.30. The number of rotatable bonds is 7. The molecule has 25 heavy (non-hydrogen) atoms. The highest BCUT2D eigenvalue weighted by Crippen LogP contribution is 2.31. The van der Waals surface area contributed by atoms with Gasteiger partial charge in [-0.3, -0.25) is 4.79 Å². The second-order valence-corrected chi connectivity index (χ2v) is 6.10. The molecule has 0 saturated heterocycles. The standard InChI is InChI=1S/C18H23N3O4/c1-23-14-8-7-13(11-15(14)24-2)17-20-16(25-21-17)9-10-19-18(22)12-5-3-4-6-12/h7-8,11-12H,3-6,9-10H2,1-2H3,(H,19,22). The number of hydrogen-bond donors (Lipinski definition) is 1. The van der Waals surface area contributed by atoms with Crippen molar-refractivity contribution in [3.05, 3.63) is 24.1 Å². The Bertz CT molecular complexity index is 723. The SMILES string of the molecule is COc1ccc(-c2noc(CCNC(=O)C3CCCC3)n2)cc1OC. The van der Waals surface area contributed by atoms with Crippen molar-refractivity contribution in [1.29, 1.82) is 0 Å². The molecule has 1 aromatic carbocycles. The first kappa shape index (κ1) is 17.3. The Kier molecular flexibility index (Phi) is 5.53. The molecule has 134 valence electrons. The van der Waals surface area contributed by atoms with Crippen LogP contribution in [-0.2, 0) is 11.2 Å². The molecule has 1 N–H and O–H groups in total. The average Bonchev–Trinajstić information content (AvgIpc) is 3.33. The highest BCUT2D eigenvalue weighted by atomic mass is 16.5. The van der Waals surface area contributed by atoms with Crippen LogP contribution in [0.15, 0.2) is 22.7 Å². The fourth-order valence-electron chi connectivity index (χ4n) is 3.07. The van der Waals surface area contributed by atoms with Crippen LogP contribution in [0.3, 0.4) is 0 Å².